The van der Waals surface area contributed by atoms with Crippen molar-refractivity contribution in [2.45, 2.75) is 180 Å². The minimum atomic E-state index is -4.33. The molecule has 0 spiro atoms. The molecule has 0 rings (SSSR count). The Labute approximate surface area is 254 Å². The van der Waals surface area contributed by atoms with Crippen molar-refractivity contribution in [2.75, 3.05) is 5.75 Å². The van der Waals surface area contributed by atoms with Crippen LogP contribution >= 0.6 is 0 Å². The summed E-state index contributed by atoms with van der Waals surface area (Å²) in [6.45, 7) is 4.45. The Bertz CT molecular complexity index is 750. The van der Waals surface area contributed by atoms with Gasteiger partial charge in [-0.05, 0) is 44.9 Å². The van der Waals surface area contributed by atoms with Crippen molar-refractivity contribution < 1.29 is 22.9 Å². The van der Waals surface area contributed by atoms with Crippen LogP contribution in [-0.2, 0) is 14.9 Å². The van der Waals surface area contributed by atoms with Crippen molar-refractivity contribution in [3.05, 3.63) is 24.3 Å². The Morgan fingerprint density at radius 1 is 0.634 bits per heavy atom. The number of allylic oxidation sites excluding steroid dienone is 3. The van der Waals surface area contributed by atoms with Crippen LogP contribution < -0.4 is 5.32 Å². The van der Waals surface area contributed by atoms with Gasteiger partial charge in [-0.25, -0.2) is 0 Å². The minimum Gasteiger partial charge on any atom is -0.387 e. The molecule has 0 fully saturated rings. The molecule has 0 bridgehead atoms. The first-order chi connectivity index (χ1) is 19.8. The quantitative estimate of drug-likeness (QED) is 0.0434. The number of amides is 1. The Morgan fingerprint density at radius 3 is 1.46 bits per heavy atom. The van der Waals surface area contributed by atoms with Crippen LogP contribution in [0.2, 0.25) is 0 Å². The molecule has 41 heavy (non-hydrogen) atoms. The van der Waals surface area contributed by atoms with E-state index >= 15 is 0 Å². The molecule has 1 amide bonds. The average molecular weight is 600 g/mol. The van der Waals surface area contributed by atoms with E-state index in [4.69, 9.17) is 0 Å². The second kappa shape index (κ2) is 28.9. The zero-order valence-electron chi connectivity index (χ0n) is 26.7. The standard InChI is InChI=1S/C34H65NO5S/c1-3-5-7-9-11-13-14-15-16-17-18-19-20-21-22-24-26-28-30-34(37)35-32(31-41(38,39)40)33(36)29-27-25-23-12-10-8-6-4-2/h16-17,27,29,32-33,36H,3-15,18-26,28,30-31H2,1-2H3,(H,35,37)(H,38,39,40)/b17-16-,29-27+. The van der Waals surface area contributed by atoms with Crippen molar-refractivity contribution >= 4 is 16.0 Å². The largest absolute Gasteiger partial charge is 0.387 e. The van der Waals surface area contributed by atoms with E-state index in [1.165, 1.54) is 109 Å². The number of rotatable bonds is 30. The summed E-state index contributed by atoms with van der Waals surface area (Å²) in [5.41, 5.74) is 0. The molecule has 2 unspecified atom stereocenters. The van der Waals surface area contributed by atoms with Crippen molar-refractivity contribution in [2.24, 2.45) is 0 Å². The Balaban J connectivity index is 3.92. The molecule has 0 aromatic rings. The van der Waals surface area contributed by atoms with Crippen LogP contribution in [0.1, 0.15) is 168 Å². The minimum absolute atomic E-state index is 0.287. The number of carbonyl (C=O) groups is 1. The smallest absolute Gasteiger partial charge is 0.267 e. The monoisotopic (exact) mass is 599 g/mol. The van der Waals surface area contributed by atoms with Crippen LogP contribution in [0.4, 0.5) is 0 Å². The molecule has 2 atom stereocenters. The lowest BCUT2D eigenvalue weighted by atomic mass is 10.1. The van der Waals surface area contributed by atoms with E-state index in [0.29, 0.717) is 6.42 Å². The van der Waals surface area contributed by atoms with E-state index < -0.39 is 28.0 Å². The molecule has 0 radical (unpaired) electrons. The second-order valence-electron chi connectivity index (χ2n) is 11.8. The van der Waals surface area contributed by atoms with Crippen LogP contribution in [0.3, 0.4) is 0 Å². The van der Waals surface area contributed by atoms with E-state index in [1.54, 1.807) is 0 Å². The molecule has 3 N–H and O–H groups in total. The molecule has 0 aromatic heterocycles. The Hall–Kier alpha value is -1.18. The number of aliphatic hydroxyl groups is 1. The van der Waals surface area contributed by atoms with Crippen LogP contribution in [0, 0.1) is 0 Å². The van der Waals surface area contributed by atoms with Gasteiger partial charge in [0, 0.05) is 6.42 Å². The zero-order chi connectivity index (χ0) is 30.4. The summed E-state index contributed by atoms with van der Waals surface area (Å²) in [7, 11) is -4.33. The molecular weight excluding hydrogens is 534 g/mol. The lowest BCUT2D eigenvalue weighted by Crippen LogP contribution is -2.46. The van der Waals surface area contributed by atoms with Crippen LogP contribution in [0.15, 0.2) is 24.3 Å². The maximum absolute atomic E-state index is 12.4. The molecular formula is C34H65NO5S. The number of carbonyl (C=O) groups excluding carboxylic acids is 1. The highest BCUT2D eigenvalue weighted by Crippen LogP contribution is 2.12. The highest BCUT2D eigenvalue weighted by molar-refractivity contribution is 7.85. The van der Waals surface area contributed by atoms with E-state index in [2.05, 4.69) is 31.3 Å². The summed E-state index contributed by atoms with van der Waals surface area (Å²) < 4.78 is 32.1. The number of aliphatic hydroxyl groups excluding tert-OH is 1. The number of hydrogen-bond donors (Lipinski definition) is 3. The average Bonchev–Trinajstić information content (AvgIpc) is 2.92. The summed E-state index contributed by atoms with van der Waals surface area (Å²) in [5.74, 6) is -0.986. The van der Waals surface area contributed by atoms with Gasteiger partial charge in [-0.1, -0.05) is 141 Å². The van der Waals surface area contributed by atoms with Crippen LogP contribution in [0.5, 0.6) is 0 Å². The summed E-state index contributed by atoms with van der Waals surface area (Å²) in [6, 6.07) is -1.05. The predicted molar refractivity (Wildman–Crippen MR) is 175 cm³/mol. The molecule has 0 saturated heterocycles. The summed E-state index contributed by atoms with van der Waals surface area (Å²) in [6.07, 6.45) is 34.6. The molecule has 0 saturated carbocycles. The van der Waals surface area contributed by atoms with Crippen molar-refractivity contribution in [3.63, 3.8) is 0 Å². The zero-order valence-corrected chi connectivity index (χ0v) is 27.5. The number of hydrogen-bond acceptors (Lipinski definition) is 4. The summed E-state index contributed by atoms with van der Waals surface area (Å²) in [4.78, 5) is 12.4. The third-order valence-corrected chi connectivity index (χ3v) is 8.40. The van der Waals surface area contributed by atoms with Gasteiger partial charge < -0.3 is 10.4 Å². The highest BCUT2D eigenvalue weighted by atomic mass is 32.2. The van der Waals surface area contributed by atoms with Crippen molar-refractivity contribution in [1.29, 1.82) is 0 Å². The fourth-order valence-electron chi connectivity index (χ4n) is 5.03. The lowest BCUT2D eigenvalue weighted by molar-refractivity contribution is -0.122. The van der Waals surface area contributed by atoms with Gasteiger partial charge in [0.2, 0.25) is 5.91 Å². The second-order valence-corrected chi connectivity index (χ2v) is 13.3. The molecule has 0 aliphatic rings. The van der Waals surface area contributed by atoms with Gasteiger partial charge in [0.25, 0.3) is 10.1 Å². The molecule has 6 nitrogen and oxygen atoms in total. The third-order valence-electron chi connectivity index (χ3n) is 7.62. The summed E-state index contributed by atoms with van der Waals surface area (Å²) >= 11 is 0. The van der Waals surface area contributed by atoms with Gasteiger partial charge in [0.1, 0.15) is 0 Å². The summed E-state index contributed by atoms with van der Waals surface area (Å²) in [5, 5.41) is 13.1. The lowest BCUT2D eigenvalue weighted by Gasteiger charge is -2.21. The number of unbranched alkanes of at least 4 members (excludes halogenated alkanes) is 20. The van der Waals surface area contributed by atoms with Crippen LogP contribution in [-0.4, -0.2) is 41.9 Å². The first kappa shape index (κ1) is 39.8. The van der Waals surface area contributed by atoms with E-state index in [0.717, 1.165) is 44.9 Å². The van der Waals surface area contributed by atoms with Gasteiger partial charge in [-0.2, -0.15) is 8.42 Å². The van der Waals surface area contributed by atoms with E-state index in [9.17, 15) is 22.9 Å². The fraction of sp³-hybridized carbons (Fsp3) is 0.853. The van der Waals surface area contributed by atoms with Gasteiger partial charge in [0.05, 0.1) is 17.9 Å². The normalized spacial score (nSPS) is 13.8. The van der Waals surface area contributed by atoms with Crippen molar-refractivity contribution in [1.82, 2.24) is 5.32 Å². The maximum Gasteiger partial charge on any atom is 0.267 e. The molecule has 0 heterocycles. The Morgan fingerprint density at radius 2 is 1.02 bits per heavy atom. The molecule has 7 heteroatoms. The molecule has 0 aliphatic heterocycles. The predicted octanol–water partition coefficient (Wildman–Crippen LogP) is 9.23. The third kappa shape index (κ3) is 30.1. The van der Waals surface area contributed by atoms with Gasteiger partial charge >= 0.3 is 0 Å². The topological polar surface area (TPSA) is 104 Å². The first-order valence-electron chi connectivity index (χ1n) is 17.0. The Kier molecular flexibility index (Phi) is 28.1. The van der Waals surface area contributed by atoms with Gasteiger partial charge in [-0.3, -0.25) is 9.35 Å². The molecule has 0 aromatic carbocycles. The fourth-order valence-corrected chi connectivity index (χ4v) is 5.76. The van der Waals surface area contributed by atoms with E-state index in [1.807, 2.05) is 6.08 Å². The maximum atomic E-state index is 12.4. The van der Waals surface area contributed by atoms with Gasteiger partial charge in [0.15, 0.2) is 0 Å². The van der Waals surface area contributed by atoms with Crippen LogP contribution in [0.25, 0.3) is 0 Å². The highest BCUT2D eigenvalue weighted by Gasteiger charge is 2.24. The van der Waals surface area contributed by atoms with Gasteiger partial charge in [-0.15, -0.1) is 0 Å². The van der Waals surface area contributed by atoms with E-state index in [-0.39, 0.29) is 5.91 Å². The number of nitrogens with one attached hydrogen (secondary N) is 1. The molecule has 242 valence electrons. The first-order valence-corrected chi connectivity index (χ1v) is 18.6. The SMILES string of the molecule is CCCCCCCC/C=C/C(O)C(CS(=O)(=O)O)NC(=O)CCCCCCCCC/C=C\CCCCCCCCC. The molecule has 0 aliphatic carbocycles. The van der Waals surface area contributed by atoms with Crippen molar-refractivity contribution in [3.8, 4) is 0 Å².